The molecule has 10 heavy (non-hydrogen) atoms. The first kappa shape index (κ1) is 6.01. The number of amides is 1. The summed E-state index contributed by atoms with van der Waals surface area (Å²) in [6, 6.07) is 0. The first-order valence-electron chi connectivity index (χ1n) is 3.65. The van der Waals surface area contributed by atoms with Crippen LogP contribution in [0.25, 0.3) is 0 Å². The van der Waals surface area contributed by atoms with Gasteiger partial charge in [-0.25, -0.2) is 4.79 Å². The number of hydrogen-bond donors (Lipinski definition) is 0. The minimum Gasteiger partial charge on any atom is -0.449 e. The van der Waals surface area contributed by atoms with Crippen molar-refractivity contribution in [3.8, 4) is 0 Å². The summed E-state index contributed by atoms with van der Waals surface area (Å²) in [6.45, 7) is 0.614. The van der Waals surface area contributed by atoms with Gasteiger partial charge in [0.25, 0.3) is 0 Å². The molecule has 2 fully saturated rings. The molecule has 1 aliphatic heterocycles. The number of hydrogen-bond acceptors (Lipinski definition) is 2. The van der Waals surface area contributed by atoms with E-state index in [1.165, 1.54) is 12.8 Å². The molecule has 0 N–H and O–H groups in total. The van der Waals surface area contributed by atoms with Crippen LogP contribution in [0.1, 0.15) is 19.3 Å². The SMILES string of the molecule is CN1C(=O)OCCC12CC2. The Morgan fingerprint density at radius 2 is 2.20 bits per heavy atom. The van der Waals surface area contributed by atoms with Crippen molar-refractivity contribution in [1.82, 2.24) is 4.90 Å². The molecule has 0 atom stereocenters. The van der Waals surface area contributed by atoms with Crippen LogP contribution in [0.2, 0.25) is 0 Å². The van der Waals surface area contributed by atoms with Crippen molar-refractivity contribution in [3.05, 3.63) is 0 Å². The Morgan fingerprint density at radius 1 is 1.50 bits per heavy atom. The third kappa shape index (κ3) is 0.632. The predicted molar refractivity (Wildman–Crippen MR) is 35.7 cm³/mol. The van der Waals surface area contributed by atoms with Crippen molar-refractivity contribution in [2.75, 3.05) is 13.7 Å². The van der Waals surface area contributed by atoms with E-state index in [0.717, 1.165) is 6.42 Å². The molecule has 0 aromatic carbocycles. The topological polar surface area (TPSA) is 29.5 Å². The van der Waals surface area contributed by atoms with Gasteiger partial charge in [-0.15, -0.1) is 0 Å². The van der Waals surface area contributed by atoms with E-state index < -0.39 is 0 Å². The minimum atomic E-state index is -0.149. The average Bonchev–Trinajstić information content (AvgIpc) is 2.65. The summed E-state index contributed by atoms with van der Waals surface area (Å²) < 4.78 is 4.85. The molecule has 0 radical (unpaired) electrons. The van der Waals surface area contributed by atoms with Gasteiger partial charge < -0.3 is 9.64 Å². The summed E-state index contributed by atoms with van der Waals surface area (Å²) in [7, 11) is 1.83. The Morgan fingerprint density at radius 3 is 2.70 bits per heavy atom. The lowest BCUT2D eigenvalue weighted by molar-refractivity contribution is 0.0482. The highest BCUT2D eigenvalue weighted by atomic mass is 16.6. The Balaban J connectivity index is 2.15. The van der Waals surface area contributed by atoms with Crippen LogP contribution in [0, 0.1) is 0 Å². The summed E-state index contributed by atoms with van der Waals surface area (Å²) in [6.07, 6.45) is 3.20. The van der Waals surface area contributed by atoms with Crippen molar-refractivity contribution < 1.29 is 9.53 Å². The lowest BCUT2D eigenvalue weighted by atomic mass is 10.1. The van der Waals surface area contributed by atoms with E-state index in [1.807, 2.05) is 7.05 Å². The van der Waals surface area contributed by atoms with E-state index in [4.69, 9.17) is 4.74 Å². The standard InChI is InChI=1S/C7H11NO2/c1-8-6(9)10-5-4-7(8)2-3-7/h2-5H2,1H3. The lowest BCUT2D eigenvalue weighted by Gasteiger charge is -2.31. The molecule has 1 amide bonds. The molecule has 56 valence electrons. The van der Waals surface area contributed by atoms with E-state index in [9.17, 15) is 4.79 Å². The zero-order chi connectivity index (χ0) is 7.19. The third-order valence-electron chi connectivity index (χ3n) is 2.61. The number of rotatable bonds is 0. The van der Waals surface area contributed by atoms with Crippen LogP contribution in [0.15, 0.2) is 0 Å². The second kappa shape index (κ2) is 1.65. The number of ether oxygens (including phenoxy) is 1. The Kier molecular flexibility index (Phi) is 0.993. The smallest absolute Gasteiger partial charge is 0.409 e. The monoisotopic (exact) mass is 141 g/mol. The van der Waals surface area contributed by atoms with Crippen LogP contribution in [-0.4, -0.2) is 30.2 Å². The Bertz CT molecular complexity index is 174. The molecule has 1 aliphatic carbocycles. The van der Waals surface area contributed by atoms with Gasteiger partial charge in [-0.2, -0.15) is 0 Å². The van der Waals surface area contributed by atoms with Gasteiger partial charge in [0, 0.05) is 19.0 Å². The first-order chi connectivity index (χ1) is 4.75. The lowest BCUT2D eigenvalue weighted by Crippen LogP contribution is -2.44. The Labute approximate surface area is 60.0 Å². The quantitative estimate of drug-likeness (QED) is 0.503. The maximum Gasteiger partial charge on any atom is 0.409 e. The second-order valence-electron chi connectivity index (χ2n) is 3.15. The largest absolute Gasteiger partial charge is 0.449 e. The first-order valence-corrected chi connectivity index (χ1v) is 3.65. The summed E-state index contributed by atoms with van der Waals surface area (Å²) in [5, 5.41) is 0. The molecular formula is C7H11NO2. The molecule has 0 unspecified atom stereocenters. The maximum absolute atomic E-state index is 11.0. The third-order valence-corrected chi connectivity index (χ3v) is 2.61. The maximum atomic E-state index is 11.0. The normalized spacial score (nSPS) is 28.5. The van der Waals surface area contributed by atoms with Gasteiger partial charge in [0.1, 0.15) is 0 Å². The van der Waals surface area contributed by atoms with E-state index >= 15 is 0 Å². The predicted octanol–water partition coefficient (Wildman–Crippen LogP) is 0.991. The van der Waals surface area contributed by atoms with Crippen LogP contribution >= 0.6 is 0 Å². The number of carbonyl (C=O) groups is 1. The zero-order valence-corrected chi connectivity index (χ0v) is 6.09. The number of carbonyl (C=O) groups excluding carboxylic acids is 1. The summed E-state index contributed by atoms with van der Waals surface area (Å²) in [4.78, 5) is 12.7. The van der Waals surface area contributed by atoms with Gasteiger partial charge >= 0.3 is 6.09 Å². The number of nitrogens with zero attached hydrogens (tertiary/aromatic N) is 1. The van der Waals surface area contributed by atoms with Crippen molar-refractivity contribution in [2.45, 2.75) is 24.8 Å². The molecule has 3 heteroatoms. The van der Waals surface area contributed by atoms with Crippen molar-refractivity contribution in [3.63, 3.8) is 0 Å². The fraction of sp³-hybridized carbons (Fsp3) is 0.857. The van der Waals surface area contributed by atoms with E-state index in [2.05, 4.69) is 0 Å². The fourth-order valence-corrected chi connectivity index (χ4v) is 1.52. The van der Waals surface area contributed by atoms with Gasteiger partial charge in [0.2, 0.25) is 0 Å². The molecule has 1 heterocycles. The minimum absolute atomic E-state index is 0.149. The second-order valence-corrected chi connectivity index (χ2v) is 3.15. The molecule has 1 spiro atoms. The molecule has 0 aromatic rings. The molecular weight excluding hydrogens is 130 g/mol. The van der Waals surface area contributed by atoms with Crippen LogP contribution in [0.3, 0.4) is 0 Å². The molecule has 0 bridgehead atoms. The fourth-order valence-electron chi connectivity index (χ4n) is 1.52. The summed E-state index contributed by atoms with van der Waals surface area (Å²) in [5.41, 5.74) is 0.218. The van der Waals surface area contributed by atoms with E-state index in [1.54, 1.807) is 4.90 Å². The van der Waals surface area contributed by atoms with Crippen molar-refractivity contribution in [1.29, 1.82) is 0 Å². The van der Waals surface area contributed by atoms with E-state index in [-0.39, 0.29) is 11.6 Å². The Hall–Kier alpha value is -0.730. The highest BCUT2D eigenvalue weighted by molar-refractivity contribution is 5.69. The van der Waals surface area contributed by atoms with Gasteiger partial charge in [0.15, 0.2) is 0 Å². The molecule has 1 saturated heterocycles. The van der Waals surface area contributed by atoms with Crippen LogP contribution in [0.4, 0.5) is 4.79 Å². The van der Waals surface area contributed by atoms with Gasteiger partial charge in [-0.3, -0.25) is 0 Å². The van der Waals surface area contributed by atoms with E-state index in [0.29, 0.717) is 6.61 Å². The molecule has 1 saturated carbocycles. The number of cyclic esters (lactones) is 1. The molecule has 2 aliphatic rings. The highest BCUT2D eigenvalue weighted by Crippen LogP contribution is 2.45. The van der Waals surface area contributed by atoms with Gasteiger partial charge in [0.05, 0.1) is 6.61 Å². The molecule has 3 nitrogen and oxygen atoms in total. The average molecular weight is 141 g/mol. The molecule has 0 aromatic heterocycles. The van der Waals surface area contributed by atoms with Crippen LogP contribution < -0.4 is 0 Å². The van der Waals surface area contributed by atoms with Crippen LogP contribution in [-0.2, 0) is 4.74 Å². The molecule has 2 rings (SSSR count). The zero-order valence-electron chi connectivity index (χ0n) is 6.09. The van der Waals surface area contributed by atoms with Crippen molar-refractivity contribution in [2.24, 2.45) is 0 Å². The highest BCUT2D eigenvalue weighted by Gasteiger charge is 2.50. The summed E-state index contributed by atoms with van der Waals surface area (Å²) in [5.74, 6) is 0. The van der Waals surface area contributed by atoms with Crippen molar-refractivity contribution >= 4 is 6.09 Å². The van der Waals surface area contributed by atoms with Crippen LogP contribution in [0.5, 0.6) is 0 Å². The van der Waals surface area contributed by atoms with Gasteiger partial charge in [-0.1, -0.05) is 0 Å². The summed E-state index contributed by atoms with van der Waals surface area (Å²) >= 11 is 0. The van der Waals surface area contributed by atoms with Gasteiger partial charge in [-0.05, 0) is 12.8 Å².